The van der Waals surface area contributed by atoms with Crippen molar-refractivity contribution in [2.45, 2.75) is 6.54 Å². The van der Waals surface area contributed by atoms with Crippen LogP contribution in [0.4, 0.5) is 11.6 Å². The van der Waals surface area contributed by atoms with Crippen LogP contribution in [0, 0.1) is 0 Å². The molecule has 0 spiro atoms. The fraction of sp³-hybridized carbons (Fsp3) is 0.0909. The quantitative estimate of drug-likeness (QED) is 0.537. The molecule has 0 fully saturated rings. The molecule has 6 nitrogen and oxygen atoms in total. The number of aromatic nitrogens is 3. The molecule has 0 amide bonds. The number of aromatic amines is 2. The number of fused-ring (bicyclic) bond motifs is 1. The normalized spacial score (nSPS) is 10.9. The Hall–Kier alpha value is -2.28. The number of anilines is 2. The second-order valence-corrected chi connectivity index (χ2v) is 4.73. The Morgan fingerprint density at radius 2 is 2.28 bits per heavy atom. The van der Waals surface area contributed by atoms with Gasteiger partial charge < -0.3 is 21.0 Å². The summed E-state index contributed by atoms with van der Waals surface area (Å²) in [6.45, 7) is 0.522. The van der Waals surface area contributed by atoms with Crippen molar-refractivity contribution in [3.05, 3.63) is 38.9 Å². The highest BCUT2D eigenvalue weighted by atomic mass is 32.1. The van der Waals surface area contributed by atoms with Gasteiger partial charge in [0.25, 0.3) is 0 Å². The zero-order valence-electron chi connectivity index (χ0n) is 9.36. The summed E-state index contributed by atoms with van der Waals surface area (Å²) >= 11 is 1.15. The first-order valence-electron chi connectivity index (χ1n) is 5.36. The molecule has 0 aliphatic heterocycles. The Morgan fingerprint density at radius 1 is 1.39 bits per heavy atom. The van der Waals surface area contributed by atoms with Crippen LogP contribution in [0.3, 0.4) is 0 Å². The molecule has 18 heavy (non-hydrogen) atoms. The minimum absolute atomic E-state index is 0.0517. The van der Waals surface area contributed by atoms with Gasteiger partial charge in [-0.25, -0.2) is 4.98 Å². The van der Waals surface area contributed by atoms with Gasteiger partial charge in [0.15, 0.2) is 0 Å². The van der Waals surface area contributed by atoms with Gasteiger partial charge in [0.2, 0.25) is 5.95 Å². The van der Waals surface area contributed by atoms with Crippen LogP contribution < -0.4 is 15.9 Å². The summed E-state index contributed by atoms with van der Waals surface area (Å²) in [5, 5.41) is 4.90. The van der Waals surface area contributed by atoms with Crippen molar-refractivity contribution in [1.29, 1.82) is 0 Å². The van der Waals surface area contributed by atoms with Gasteiger partial charge in [0, 0.05) is 16.8 Å². The van der Waals surface area contributed by atoms with Crippen LogP contribution in [0.25, 0.3) is 11.0 Å². The first-order valence-corrected chi connectivity index (χ1v) is 6.24. The van der Waals surface area contributed by atoms with E-state index in [0.717, 1.165) is 28.1 Å². The SMILES string of the molecule is Nc1ccc2nc(NCc3csc(=O)[nH]3)[nH]c2c1. The zero-order chi connectivity index (χ0) is 12.5. The minimum Gasteiger partial charge on any atom is -0.399 e. The number of nitrogens with zero attached hydrogens (tertiary/aromatic N) is 1. The topological polar surface area (TPSA) is 99.6 Å². The third-order valence-electron chi connectivity index (χ3n) is 2.52. The molecule has 1 aromatic carbocycles. The first kappa shape index (κ1) is 10.8. The van der Waals surface area contributed by atoms with Crippen molar-refractivity contribution in [2.24, 2.45) is 0 Å². The molecule has 0 radical (unpaired) electrons. The molecule has 0 atom stereocenters. The Morgan fingerprint density at radius 3 is 3.06 bits per heavy atom. The number of nitrogens with one attached hydrogen (secondary N) is 3. The molecule has 0 unspecified atom stereocenters. The summed E-state index contributed by atoms with van der Waals surface area (Å²) in [5.74, 6) is 0.655. The van der Waals surface area contributed by atoms with E-state index in [1.165, 1.54) is 0 Å². The van der Waals surface area contributed by atoms with E-state index in [-0.39, 0.29) is 4.87 Å². The number of imidazole rings is 1. The summed E-state index contributed by atoms with van der Waals surface area (Å²) in [4.78, 5) is 21.1. The third kappa shape index (κ3) is 2.07. The van der Waals surface area contributed by atoms with Crippen molar-refractivity contribution < 1.29 is 0 Å². The Labute approximate surface area is 106 Å². The highest BCUT2D eigenvalue weighted by Gasteiger charge is 2.03. The third-order valence-corrected chi connectivity index (χ3v) is 3.24. The average molecular weight is 261 g/mol. The second-order valence-electron chi connectivity index (χ2n) is 3.89. The van der Waals surface area contributed by atoms with Gasteiger partial charge in [-0.3, -0.25) is 4.79 Å². The van der Waals surface area contributed by atoms with Crippen LogP contribution >= 0.6 is 11.3 Å². The van der Waals surface area contributed by atoms with E-state index in [1.807, 2.05) is 18.2 Å². The summed E-state index contributed by atoms with van der Waals surface area (Å²) in [7, 11) is 0. The van der Waals surface area contributed by atoms with Gasteiger partial charge in [0.05, 0.1) is 17.6 Å². The molecule has 0 saturated heterocycles. The molecule has 7 heteroatoms. The molecule has 3 aromatic rings. The number of hydrogen-bond donors (Lipinski definition) is 4. The predicted molar refractivity (Wildman–Crippen MR) is 72.8 cm³/mol. The lowest BCUT2D eigenvalue weighted by Crippen LogP contribution is -2.03. The van der Waals surface area contributed by atoms with Crippen LogP contribution in [0.15, 0.2) is 28.4 Å². The molecular weight excluding hydrogens is 250 g/mol. The van der Waals surface area contributed by atoms with E-state index in [2.05, 4.69) is 20.3 Å². The van der Waals surface area contributed by atoms with Gasteiger partial charge in [-0.05, 0) is 18.2 Å². The fourth-order valence-electron chi connectivity index (χ4n) is 1.69. The zero-order valence-corrected chi connectivity index (χ0v) is 10.2. The van der Waals surface area contributed by atoms with E-state index in [0.29, 0.717) is 18.2 Å². The number of thiazole rings is 1. The first-order chi connectivity index (χ1) is 8.70. The van der Waals surface area contributed by atoms with Gasteiger partial charge >= 0.3 is 4.87 Å². The summed E-state index contributed by atoms with van der Waals surface area (Å²) in [6, 6.07) is 5.50. The molecule has 3 rings (SSSR count). The highest BCUT2D eigenvalue weighted by Crippen LogP contribution is 2.17. The second kappa shape index (κ2) is 4.19. The molecule has 2 aromatic heterocycles. The van der Waals surface area contributed by atoms with Crippen LogP contribution in [-0.2, 0) is 6.54 Å². The van der Waals surface area contributed by atoms with E-state index >= 15 is 0 Å². The van der Waals surface area contributed by atoms with Crippen LogP contribution in [0.1, 0.15) is 5.69 Å². The van der Waals surface area contributed by atoms with Gasteiger partial charge in [-0.1, -0.05) is 11.3 Å². The average Bonchev–Trinajstić information content (AvgIpc) is 2.92. The lowest BCUT2D eigenvalue weighted by atomic mass is 10.3. The highest BCUT2D eigenvalue weighted by molar-refractivity contribution is 7.07. The Balaban J connectivity index is 1.80. The number of benzene rings is 1. The van der Waals surface area contributed by atoms with Crippen LogP contribution in [0.5, 0.6) is 0 Å². The lowest BCUT2D eigenvalue weighted by molar-refractivity contribution is 1.03. The van der Waals surface area contributed by atoms with E-state index in [9.17, 15) is 4.79 Å². The molecule has 0 bridgehead atoms. The maximum absolute atomic E-state index is 11.0. The summed E-state index contributed by atoms with van der Waals surface area (Å²) in [5.41, 5.74) is 8.96. The number of H-pyrrole nitrogens is 2. The predicted octanol–water partition coefficient (Wildman–Crippen LogP) is 1.51. The number of hydrogen-bond acceptors (Lipinski definition) is 5. The number of rotatable bonds is 3. The lowest BCUT2D eigenvalue weighted by Gasteiger charge is -1.98. The van der Waals surface area contributed by atoms with Crippen molar-refractivity contribution in [1.82, 2.24) is 15.0 Å². The van der Waals surface area contributed by atoms with Crippen molar-refractivity contribution >= 4 is 34.0 Å². The van der Waals surface area contributed by atoms with Crippen molar-refractivity contribution in [3.8, 4) is 0 Å². The van der Waals surface area contributed by atoms with Crippen LogP contribution in [-0.4, -0.2) is 15.0 Å². The molecule has 0 aliphatic rings. The maximum atomic E-state index is 11.0. The molecule has 92 valence electrons. The molecule has 2 heterocycles. The van der Waals surface area contributed by atoms with E-state index < -0.39 is 0 Å². The summed E-state index contributed by atoms with van der Waals surface area (Å²) < 4.78 is 0. The molecule has 0 aliphatic carbocycles. The summed E-state index contributed by atoms with van der Waals surface area (Å²) in [6.07, 6.45) is 0. The van der Waals surface area contributed by atoms with E-state index in [1.54, 1.807) is 5.38 Å². The minimum atomic E-state index is -0.0517. The number of nitrogens with two attached hydrogens (primary N) is 1. The fourth-order valence-corrected chi connectivity index (χ4v) is 2.27. The van der Waals surface area contributed by atoms with Crippen molar-refractivity contribution in [2.75, 3.05) is 11.1 Å². The van der Waals surface area contributed by atoms with Gasteiger partial charge in [-0.2, -0.15) is 0 Å². The monoisotopic (exact) mass is 261 g/mol. The Bertz CT molecular complexity index is 741. The largest absolute Gasteiger partial charge is 0.399 e. The van der Waals surface area contributed by atoms with Gasteiger partial charge in [-0.15, -0.1) is 0 Å². The van der Waals surface area contributed by atoms with Crippen molar-refractivity contribution in [3.63, 3.8) is 0 Å². The molecule has 0 saturated carbocycles. The smallest absolute Gasteiger partial charge is 0.304 e. The van der Waals surface area contributed by atoms with E-state index in [4.69, 9.17) is 5.73 Å². The van der Waals surface area contributed by atoms with Crippen LogP contribution in [0.2, 0.25) is 0 Å². The maximum Gasteiger partial charge on any atom is 0.304 e. The molecular formula is C11H11N5OS. The standard InChI is InChI=1S/C11H11N5OS/c12-6-1-2-8-9(3-6)16-10(15-8)13-4-7-5-18-11(17)14-7/h1-3,5H,4,12H2,(H,14,17)(H2,13,15,16). The molecule has 5 N–H and O–H groups in total. The van der Waals surface area contributed by atoms with Gasteiger partial charge in [0.1, 0.15) is 0 Å². The number of nitrogen functional groups attached to an aromatic ring is 1. The Kier molecular flexibility index (Phi) is 2.52.